The van der Waals surface area contributed by atoms with Gasteiger partial charge in [0.25, 0.3) is 5.56 Å². The van der Waals surface area contributed by atoms with E-state index in [9.17, 15) is 14.4 Å². The second-order valence-corrected chi connectivity index (χ2v) is 9.54. The molecule has 8 nitrogen and oxygen atoms in total. The lowest BCUT2D eigenvalue weighted by atomic mass is 9.83. The summed E-state index contributed by atoms with van der Waals surface area (Å²) in [5.74, 6) is 1.20. The highest BCUT2D eigenvalue weighted by molar-refractivity contribution is 5.97. The first-order valence-corrected chi connectivity index (χ1v) is 11.4. The number of hydrogen-bond acceptors (Lipinski definition) is 5. The van der Waals surface area contributed by atoms with E-state index in [1.807, 2.05) is 36.6 Å². The Kier molecular flexibility index (Phi) is 5.23. The summed E-state index contributed by atoms with van der Waals surface area (Å²) in [6, 6.07) is 9.47. The van der Waals surface area contributed by atoms with E-state index in [2.05, 4.69) is 21.3 Å². The lowest BCUT2D eigenvalue weighted by molar-refractivity contribution is -0.129. The Morgan fingerprint density at radius 3 is 2.66 bits per heavy atom. The maximum Gasteiger partial charge on any atom is 0.250 e. The van der Waals surface area contributed by atoms with E-state index in [0.717, 1.165) is 37.6 Å². The van der Waals surface area contributed by atoms with Crippen LogP contribution < -0.4 is 15.8 Å². The Balaban J connectivity index is 1.24. The highest BCUT2D eigenvalue weighted by Crippen LogP contribution is 2.36. The van der Waals surface area contributed by atoms with Crippen molar-refractivity contribution in [2.45, 2.75) is 45.2 Å². The molecule has 168 valence electrons. The maximum absolute atomic E-state index is 12.6. The van der Waals surface area contributed by atoms with Gasteiger partial charge in [0, 0.05) is 56.3 Å². The number of amides is 2. The minimum absolute atomic E-state index is 0.0353. The number of carbonyl (C=O) groups excluding carboxylic acids is 2. The summed E-state index contributed by atoms with van der Waals surface area (Å²) in [5.41, 5.74) is 1.84. The number of rotatable bonds is 4. The highest BCUT2D eigenvalue weighted by atomic mass is 16.2. The van der Waals surface area contributed by atoms with Crippen LogP contribution in [-0.2, 0) is 16.1 Å². The average Bonchev–Trinajstić information content (AvgIpc) is 3.17. The van der Waals surface area contributed by atoms with Crippen molar-refractivity contribution >= 4 is 23.3 Å². The van der Waals surface area contributed by atoms with Crippen molar-refractivity contribution in [2.75, 3.05) is 29.9 Å². The molecule has 2 saturated heterocycles. The molecule has 3 atom stereocenters. The Bertz CT molecular complexity index is 1090. The van der Waals surface area contributed by atoms with Crippen LogP contribution in [-0.4, -0.2) is 51.9 Å². The molecule has 0 spiro atoms. The van der Waals surface area contributed by atoms with Crippen molar-refractivity contribution in [1.82, 2.24) is 14.5 Å². The summed E-state index contributed by atoms with van der Waals surface area (Å²) >= 11 is 0. The van der Waals surface area contributed by atoms with Gasteiger partial charge in [0.1, 0.15) is 5.82 Å². The zero-order valence-electron chi connectivity index (χ0n) is 18.5. The number of aromatic nitrogens is 2. The minimum atomic E-state index is -0.325. The van der Waals surface area contributed by atoms with E-state index in [1.165, 1.54) is 0 Å². The number of carbonyl (C=O) groups is 2. The van der Waals surface area contributed by atoms with Gasteiger partial charge in [-0.2, -0.15) is 0 Å². The van der Waals surface area contributed by atoms with Crippen LogP contribution in [0.15, 0.2) is 41.3 Å². The van der Waals surface area contributed by atoms with Crippen molar-refractivity contribution in [3.8, 4) is 0 Å². The molecule has 2 fully saturated rings. The van der Waals surface area contributed by atoms with Crippen LogP contribution in [0.1, 0.15) is 38.3 Å². The number of hydrogen-bond donors (Lipinski definition) is 1. The fourth-order valence-electron chi connectivity index (χ4n) is 5.38. The largest absolute Gasteiger partial charge is 0.356 e. The molecule has 2 aromatic heterocycles. The number of nitrogens with zero attached hydrogens (tertiary/aromatic N) is 4. The van der Waals surface area contributed by atoms with Crippen molar-refractivity contribution in [2.24, 2.45) is 11.8 Å². The number of pyridine rings is 2. The summed E-state index contributed by atoms with van der Waals surface area (Å²) in [5, 5.41) is 2.92. The molecule has 5 rings (SSSR count). The molecular weight excluding hydrogens is 406 g/mol. The predicted molar refractivity (Wildman–Crippen MR) is 122 cm³/mol. The standard InChI is InChI=1S/C24H29N5O3/c1-15(2)28-14-18(9-23(28)31)24(32)26-19-6-7-21(25-10-19)27-11-16-8-17(13-27)20-4-3-5-22(30)29(20)12-16/h3-7,10,15-18H,8-9,11-14H2,1-2H3,(H,26,32)/t16-,17-,18-/m0/s1. The van der Waals surface area contributed by atoms with Gasteiger partial charge in [0.15, 0.2) is 0 Å². The molecule has 0 unspecified atom stereocenters. The van der Waals surface area contributed by atoms with Gasteiger partial charge < -0.3 is 19.7 Å². The topological polar surface area (TPSA) is 87.5 Å². The average molecular weight is 436 g/mol. The van der Waals surface area contributed by atoms with Crippen molar-refractivity contribution in [3.63, 3.8) is 0 Å². The molecule has 3 aliphatic rings. The zero-order chi connectivity index (χ0) is 22.4. The van der Waals surface area contributed by atoms with Gasteiger partial charge in [-0.25, -0.2) is 4.98 Å². The molecule has 8 heteroatoms. The molecular formula is C24H29N5O3. The van der Waals surface area contributed by atoms with Crippen LogP contribution in [0.3, 0.4) is 0 Å². The Morgan fingerprint density at radius 2 is 1.94 bits per heavy atom. The van der Waals surface area contributed by atoms with E-state index in [1.54, 1.807) is 17.2 Å². The van der Waals surface area contributed by atoms with Crippen molar-refractivity contribution in [1.29, 1.82) is 0 Å². The van der Waals surface area contributed by atoms with Gasteiger partial charge >= 0.3 is 0 Å². The van der Waals surface area contributed by atoms with Gasteiger partial charge in [-0.3, -0.25) is 14.4 Å². The van der Waals surface area contributed by atoms with Gasteiger partial charge in [0.2, 0.25) is 11.8 Å². The third-order valence-corrected chi connectivity index (χ3v) is 6.97. The lowest BCUT2D eigenvalue weighted by Gasteiger charge is -2.43. The monoisotopic (exact) mass is 435 g/mol. The number of anilines is 2. The zero-order valence-corrected chi connectivity index (χ0v) is 18.5. The lowest BCUT2D eigenvalue weighted by Crippen LogP contribution is -2.47. The first-order chi connectivity index (χ1) is 15.4. The second-order valence-electron chi connectivity index (χ2n) is 9.54. The Morgan fingerprint density at radius 1 is 1.09 bits per heavy atom. The Labute approximate surface area is 187 Å². The minimum Gasteiger partial charge on any atom is -0.356 e. The van der Waals surface area contributed by atoms with E-state index in [4.69, 9.17) is 0 Å². The summed E-state index contributed by atoms with van der Waals surface area (Å²) in [4.78, 5) is 45.6. The van der Waals surface area contributed by atoms with E-state index in [0.29, 0.717) is 24.1 Å². The summed E-state index contributed by atoms with van der Waals surface area (Å²) < 4.78 is 1.93. The van der Waals surface area contributed by atoms with Gasteiger partial charge in [-0.1, -0.05) is 6.07 Å². The van der Waals surface area contributed by atoms with Gasteiger partial charge in [-0.05, 0) is 44.4 Å². The normalized spacial score (nSPS) is 24.6. The first-order valence-electron chi connectivity index (χ1n) is 11.4. The third kappa shape index (κ3) is 3.78. The van der Waals surface area contributed by atoms with Crippen LogP contribution in [0.2, 0.25) is 0 Å². The number of likely N-dealkylation sites (tertiary alicyclic amines) is 1. The molecule has 0 radical (unpaired) electrons. The molecule has 1 N–H and O–H groups in total. The quantitative estimate of drug-likeness (QED) is 0.794. The molecule has 2 bridgehead atoms. The number of nitrogens with one attached hydrogen (secondary N) is 1. The molecule has 3 aliphatic heterocycles. The van der Waals surface area contributed by atoms with E-state index >= 15 is 0 Å². The molecule has 2 aromatic rings. The highest BCUT2D eigenvalue weighted by Gasteiger charge is 2.36. The molecule has 0 saturated carbocycles. The third-order valence-electron chi connectivity index (χ3n) is 6.97. The molecule has 5 heterocycles. The SMILES string of the molecule is CC(C)N1C[C@@H](C(=O)Nc2ccc(N3C[C@@H]4C[C@@H](C3)c3cccc(=O)n3C4)nc2)CC1=O. The molecule has 2 amide bonds. The van der Waals surface area contributed by atoms with Crippen LogP contribution in [0.25, 0.3) is 0 Å². The molecule has 32 heavy (non-hydrogen) atoms. The summed E-state index contributed by atoms with van der Waals surface area (Å²) in [7, 11) is 0. The van der Waals surface area contributed by atoms with Crippen molar-refractivity contribution in [3.05, 3.63) is 52.6 Å². The fourth-order valence-corrected chi connectivity index (χ4v) is 5.38. The fraction of sp³-hybridized carbons (Fsp3) is 0.500. The Hall–Kier alpha value is -3.16. The van der Waals surface area contributed by atoms with Gasteiger partial charge in [-0.15, -0.1) is 0 Å². The van der Waals surface area contributed by atoms with Crippen molar-refractivity contribution < 1.29 is 9.59 Å². The van der Waals surface area contributed by atoms with Crippen LogP contribution in [0.5, 0.6) is 0 Å². The molecule has 0 aliphatic carbocycles. The summed E-state index contributed by atoms with van der Waals surface area (Å²) in [6.45, 7) is 6.84. The predicted octanol–water partition coefficient (Wildman–Crippen LogP) is 2.06. The number of piperidine rings is 1. The van der Waals surface area contributed by atoms with E-state index in [-0.39, 0.29) is 35.8 Å². The van der Waals surface area contributed by atoms with Crippen LogP contribution >= 0.6 is 0 Å². The van der Waals surface area contributed by atoms with Crippen LogP contribution in [0, 0.1) is 11.8 Å². The smallest absolute Gasteiger partial charge is 0.250 e. The van der Waals surface area contributed by atoms with Gasteiger partial charge in [0.05, 0.1) is 17.8 Å². The summed E-state index contributed by atoms with van der Waals surface area (Å²) in [6.07, 6.45) is 3.05. The van der Waals surface area contributed by atoms with Crippen LogP contribution in [0.4, 0.5) is 11.5 Å². The second kappa shape index (κ2) is 8.07. The first kappa shape index (κ1) is 20.7. The van der Waals surface area contributed by atoms with E-state index < -0.39 is 0 Å². The molecule has 0 aromatic carbocycles. The maximum atomic E-state index is 12.6. The number of fused-ring (bicyclic) bond motifs is 4.